The number of aromatic nitrogens is 3. The predicted octanol–water partition coefficient (Wildman–Crippen LogP) is 3.12. The Kier molecular flexibility index (Phi) is 4.87. The van der Waals surface area contributed by atoms with Gasteiger partial charge in [0.1, 0.15) is 5.75 Å². The van der Waals surface area contributed by atoms with Crippen molar-refractivity contribution in [3.05, 3.63) is 58.5 Å². The lowest BCUT2D eigenvalue weighted by Gasteiger charge is -2.15. The minimum Gasteiger partial charge on any atom is -0.479 e. The molecule has 8 heteroatoms. The zero-order chi connectivity index (χ0) is 17.1. The largest absolute Gasteiger partial charge is 0.479 e. The fourth-order valence-electron chi connectivity index (χ4n) is 2.14. The van der Waals surface area contributed by atoms with Crippen LogP contribution in [-0.4, -0.2) is 26.6 Å². The molecule has 0 aliphatic heterocycles. The third kappa shape index (κ3) is 3.60. The number of hydrogen-bond acceptors (Lipinski definition) is 4. The summed E-state index contributed by atoms with van der Waals surface area (Å²) >= 11 is 11.9. The Labute approximate surface area is 148 Å². The number of nitrogens with one attached hydrogen (secondary N) is 1. The van der Waals surface area contributed by atoms with Crippen LogP contribution in [0.25, 0.3) is 5.65 Å². The molecule has 0 aliphatic rings. The zero-order valence-electron chi connectivity index (χ0n) is 12.7. The standard InChI is InChI=1S/C16H14Cl2N4O2/c1-10(24-13-6-5-11(17)8-12(13)18)16(23)19-9-15-21-20-14-4-2-3-7-22(14)15/h2-8,10H,9H2,1H3,(H,19,23). The van der Waals surface area contributed by atoms with E-state index in [2.05, 4.69) is 15.5 Å². The van der Waals surface area contributed by atoms with Crippen molar-refractivity contribution in [1.82, 2.24) is 19.9 Å². The van der Waals surface area contributed by atoms with Gasteiger partial charge in [0.05, 0.1) is 11.6 Å². The molecule has 3 rings (SSSR count). The van der Waals surface area contributed by atoms with Crippen LogP contribution in [0, 0.1) is 0 Å². The number of benzene rings is 1. The highest BCUT2D eigenvalue weighted by molar-refractivity contribution is 6.35. The first kappa shape index (κ1) is 16.5. The molecule has 0 saturated carbocycles. The van der Waals surface area contributed by atoms with Gasteiger partial charge < -0.3 is 10.1 Å². The zero-order valence-corrected chi connectivity index (χ0v) is 14.3. The molecule has 2 aromatic heterocycles. The van der Waals surface area contributed by atoms with Crippen molar-refractivity contribution in [2.24, 2.45) is 0 Å². The lowest BCUT2D eigenvalue weighted by molar-refractivity contribution is -0.127. The molecule has 1 atom stereocenters. The second-order valence-electron chi connectivity index (χ2n) is 5.10. The number of ether oxygens (including phenoxy) is 1. The topological polar surface area (TPSA) is 68.5 Å². The number of carbonyl (C=O) groups is 1. The summed E-state index contributed by atoms with van der Waals surface area (Å²) in [4.78, 5) is 12.2. The molecule has 6 nitrogen and oxygen atoms in total. The number of hydrogen-bond donors (Lipinski definition) is 1. The molecule has 0 aliphatic carbocycles. The van der Waals surface area contributed by atoms with E-state index in [1.807, 2.05) is 28.8 Å². The van der Waals surface area contributed by atoms with Gasteiger partial charge in [0, 0.05) is 11.2 Å². The first-order chi connectivity index (χ1) is 11.5. The van der Waals surface area contributed by atoms with Crippen molar-refractivity contribution in [3.8, 4) is 5.75 Å². The molecule has 1 amide bonds. The Morgan fingerprint density at radius 3 is 2.92 bits per heavy atom. The molecule has 2 heterocycles. The molecule has 124 valence electrons. The maximum atomic E-state index is 12.2. The van der Waals surface area contributed by atoms with Gasteiger partial charge >= 0.3 is 0 Å². The molecule has 0 bridgehead atoms. The average molecular weight is 365 g/mol. The predicted molar refractivity (Wildman–Crippen MR) is 91.4 cm³/mol. The van der Waals surface area contributed by atoms with Crippen LogP contribution in [0.15, 0.2) is 42.6 Å². The van der Waals surface area contributed by atoms with E-state index in [0.717, 1.165) is 5.65 Å². The number of fused-ring (bicyclic) bond motifs is 1. The summed E-state index contributed by atoms with van der Waals surface area (Å²) in [6, 6.07) is 10.4. The molecular formula is C16H14Cl2N4O2. The van der Waals surface area contributed by atoms with Crippen molar-refractivity contribution in [3.63, 3.8) is 0 Å². The first-order valence-electron chi connectivity index (χ1n) is 7.22. The number of nitrogens with zero attached hydrogens (tertiary/aromatic N) is 3. The van der Waals surface area contributed by atoms with Gasteiger partial charge in [0.2, 0.25) is 0 Å². The van der Waals surface area contributed by atoms with E-state index in [4.69, 9.17) is 27.9 Å². The normalized spacial score (nSPS) is 12.1. The van der Waals surface area contributed by atoms with E-state index >= 15 is 0 Å². The number of pyridine rings is 1. The number of carbonyl (C=O) groups excluding carboxylic acids is 1. The third-order valence-corrected chi connectivity index (χ3v) is 3.90. The summed E-state index contributed by atoms with van der Waals surface area (Å²) < 4.78 is 7.38. The molecule has 0 saturated heterocycles. The van der Waals surface area contributed by atoms with Crippen molar-refractivity contribution >= 4 is 34.8 Å². The Bertz CT molecular complexity index is 881. The van der Waals surface area contributed by atoms with Gasteiger partial charge in [-0.1, -0.05) is 29.3 Å². The molecule has 3 aromatic rings. The van der Waals surface area contributed by atoms with Crippen LogP contribution in [0.4, 0.5) is 0 Å². The fraction of sp³-hybridized carbons (Fsp3) is 0.188. The van der Waals surface area contributed by atoms with Crippen LogP contribution in [0.2, 0.25) is 10.0 Å². The monoisotopic (exact) mass is 364 g/mol. The quantitative estimate of drug-likeness (QED) is 0.754. The Morgan fingerprint density at radius 2 is 2.12 bits per heavy atom. The molecule has 0 spiro atoms. The molecule has 1 N–H and O–H groups in total. The lowest BCUT2D eigenvalue weighted by atomic mass is 10.3. The van der Waals surface area contributed by atoms with Crippen LogP contribution in [0.5, 0.6) is 5.75 Å². The lowest BCUT2D eigenvalue weighted by Crippen LogP contribution is -2.36. The van der Waals surface area contributed by atoms with Gasteiger partial charge in [-0.2, -0.15) is 0 Å². The highest BCUT2D eigenvalue weighted by Gasteiger charge is 2.17. The Morgan fingerprint density at radius 1 is 1.29 bits per heavy atom. The van der Waals surface area contributed by atoms with Crippen molar-refractivity contribution < 1.29 is 9.53 Å². The number of amides is 1. The molecule has 1 unspecified atom stereocenters. The van der Waals surface area contributed by atoms with Crippen LogP contribution < -0.4 is 10.1 Å². The van der Waals surface area contributed by atoms with Crippen LogP contribution in [-0.2, 0) is 11.3 Å². The van der Waals surface area contributed by atoms with Crippen LogP contribution in [0.3, 0.4) is 0 Å². The summed E-state index contributed by atoms with van der Waals surface area (Å²) in [5, 5.41) is 11.7. The number of rotatable bonds is 5. The first-order valence-corrected chi connectivity index (χ1v) is 7.98. The maximum absolute atomic E-state index is 12.2. The van der Waals surface area contributed by atoms with Gasteiger partial charge in [-0.25, -0.2) is 0 Å². The van der Waals surface area contributed by atoms with E-state index in [-0.39, 0.29) is 12.5 Å². The average Bonchev–Trinajstić information content (AvgIpc) is 2.98. The Hall–Kier alpha value is -2.31. The third-order valence-electron chi connectivity index (χ3n) is 3.37. The van der Waals surface area contributed by atoms with E-state index < -0.39 is 6.10 Å². The highest BCUT2D eigenvalue weighted by Crippen LogP contribution is 2.28. The molecule has 1 aromatic carbocycles. The fourth-order valence-corrected chi connectivity index (χ4v) is 2.59. The van der Waals surface area contributed by atoms with Gasteiger partial charge in [-0.15, -0.1) is 10.2 Å². The minimum atomic E-state index is -0.720. The Balaban J connectivity index is 1.62. The minimum absolute atomic E-state index is 0.242. The van der Waals surface area contributed by atoms with Crippen LogP contribution >= 0.6 is 23.2 Å². The molecule has 0 fully saturated rings. The van der Waals surface area contributed by atoms with Crippen molar-refractivity contribution in [2.45, 2.75) is 19.6 Å². The van der Waals surface area contributed by atoms with Crippen molar-refractivity contribution in [1.29, 1.82) is 0 Å². The van der Waals surface area contributed by atoms with E-state index in [9.17, 15) is 4.79 Å². The van der Waals surface area contributed by atoms with Gasteiger partial charge in [0.15, 0.2) is 17.6 Å². The number of halogens is 2. The second kappa shape index (κ2) is 7.07. The molecule has 0 radical (unpaired) electrons. The van der Waals surface area contributed by atoms with Crippen molar-refractivity contribution in [2.75, 3.05) is 0 Å². The summed E-state index contributed by atoms with van der Waals surface area (Å²) in [6.07, 6.45) is 1.12. The maximum Gasteiger partial charge on any atom is 0.261 e. The summed E-state index contributed by atoms with van der Waals surface area (Å²) in [5.41, 5.74) is 0.721. The summed E-state index contributed by atoms with van der Waals surface area (Å²) in [6.45, 7) is 1.88. The SMILES string of the molecule is CC(Oc1ccc(Cl)cc1Cl)C(=O)NCc1nnc2ccccn12. The van der Waals surface area contributed by atoms with Gasteiger partial charge in [0.25, 0.3) is 5.91 Å². The van der Waals surface area contributed by atoms with E-state index in [1.54, 1.807) is 25.1 Å². The van der Waals surface area contributed by atoms with Crippen LogP contribution in [0.1, 0.15) is 12.7 Å². The summed E-state index contributed by atoms with van der Waals surface area (Å²) in [5.74, 6) is 0.751. The second-order valence-corrected chi connectivity index (χ2v) is 5.94. The molecular weight excluding hydrogens is 351 g/mol. The molecule has 24 heavy (non-hydrogen) atoms. The smallest absolute Gasteiger partial charge is 0.261 e. The summed E-state index contributed by atoms with van der Waals surface area (Å²) in [7, 11) is 0. The van der Waals surface area contributed by atoms with E-state index in [1.165, 1.54) is 0 Å². The van der Waals surface area contributed by atoms with Gasteiger partial charge in [-0.3, -0.25) is 9.20 Å². The highest BCUT2D eigenvalue weighted by atomic mass is 35.5. The van der Waals surface area contributed by atoms with Gasteiger partial charge in [-0.05, 0) is 37.3 Å². The van der Waals surface area contributed by atoms with E-state index in [0.29, 0.717) is 21.6 Å².